The summed E-state index contributed by atoms with van der Waals surface area (Å²) in [6, 6.07) is 81.1. The first-order valence-corrected chi connectivity index (χ1v) is 37.1. The monoisotopic (exact) mass is 1310 g/mol. The van der Waals surface area contributed by atoms with Gasteiger partial charge in [-0.15, -0.1) is 0 Å². The number of hydrogen-bond donors (Lipinski definition) is 0. The smallest absolute Gasteiger partial charge is 0.252 e. The van der Waals surface area contributed by atoms with Crippen molar-refractivity contribution in [2.24, 2.45) is 0 Å². The van der Waals surface area contributed by atoms with E-state index in [1.54, 1.807) is 0 Å². The van der Waals surface area contributed by atoms with E-state index in [2.05, 4.69) is 350 Å². The molecule has 0 bridgehead atoms. The van der Waals surface area contributed by atoms with Crippen LogP contribution < -0.4 is 42.6 Å². The van der Waals surface area contributed by atoms with Gasteiger partial charge in [-0.1, -0.05) is 274 Å². The van der Waals surface area contributed by atoms with Crippen LogP contribution in [0.1, 0.15) is 158 Å². The van der Waals surface area contributed by atoms with Gasteiger partial charge in [0, 0.05) is 80.9 Å². The third-order valence-corrected chi connectivity index (χ3v) is 24.0. The summed E-state index contributed by atoms with van der Waals surface area (Å²) in [6.07, 6.45) is 0. The summed E-state index contributed by atoms with van der Waals surface area (Å²) in [5.74, 6) is 0. The second-order valence-corrected chi connectivity index (χ2v) is 36.8. The number of hydrogen-bond acceptors (Lipinski definition) is 4. The molecule has 13 aromatic rings. The predicted octanol–water partition coefficient (Wildman–Crippen LogP) is 21.2. The van der Waals surface area contributed by atoms with Crippen molar-refractivity contribution in [2.75, 3.05) is 9.80 Å². The first kappa shape index (κ1) is 62.9. The highest BCUT2D eigenvalue weighted by atomic mass is 32.2. The Hall–Kier alpha value is -8.55. The number of benzene rings is 11. The second kappa shape index (κ2) is 21.5. The van der Waals surface area contributed by atoms with Crippen LogP contribution in [0.4, 0.5) is 34.1 Å². The van der Waals surface area contributed by atoms with Crippen molar-refractivity contribution in [3.05, 3.63) is 240 Å². The second-order valence-electron chi connectivity index (χ2n) is 34.7. The van der Waals surface area contributed by atoms with Gasteiger partial charge in [0.05, 0.1) is 27.8 Å². The molecule has 2 aromatic heterocycles. The lowest BCUT2D eigenvalue weighted by molar-refractivity contribution is 0.568. The van der Waals surface area contributed by atoms with Crippen molar-refractivity contribution in [2.45, 2.75) is 177 Å². The van der Waals surface area contributed by atoms with Crippen molar-refractivity contribution in [1.82, 2.24) is 9.13 Å². The summed E-state index contributed by atoms with van der Waals surface area (Å²) in [5, 5.41) is 5.04. The number of rotatable bonds is 4. The summed E-state index contributed by atoms with van der Waals surface area (Å²) in [5.41, 5.74) is 30.0. The van der Waals surface area contributed by atoms with Crippen molar-refractivity contribution in [1.29, 1.82) is 0 Å². The van der Waals surface area contributed by atoms with Crippen LogP contribution in [0.15, 0.2) is 226 Å². The molecule has 486 valence electrons. The van der Waals surface area contributed by atoms with Crippen LogP contribution in [-0.2, 0) is 32.5 Å². The molecule has 0 aliphatic carbocycles. The van der Waals surface area contributed by atoms with Gasteiger partial charge in [0.2, 0.25) is 6.71 Å². The molecule has 0 radical (unpaired) electrons. The van der Waals surface area contributed by atoms with Gasteiger partial charge in [-0.3, -0.25) is 0 Å². The SMILES string of the molecule is CC(C)(C)c1cc(N2c3cc(-n4c5ccccc5c5ccccc54)cc4c3B(c3cc5c(cc3N4c3ccccc3)Sc3cc(-n4c6ccccc6c6ccccc64)cc4c3B5c3c(cc(C(C)(C)C)cc3C(C)(C)C)S4)c3c2cc(C(C)(C)C)cc3C(C)(C)C)cc(C(C)(C)C)c1. The Morgan fingerprint density at radius 1 is 0.255 bits per heavy atom. The van der Waals surface area contributed by atoms with Gasteiger partial charge >= 0.3 is 0 Å². The number of fused-ring (bicyclic) bond motifs is 14. The molecule has 8 heteroatoms. The maximum Gasteiger partial charge on any atom is 0.252 e. The highest BCUT2D eigenvalue weighted by Crippen LogP contribution is 2.52. The van der Waals surface area contributed by atoms with Crippen molar-refractivity contribution >= 4 is 147 Å². The summed E-state index contributed by atoms with van der Waals surface area (Å²) < 4.78 is 5.09. The number of nitrogens with zero attached hydrogens (tertiary/aromatic N) is 4. The zero-order valence-electron chi connectivity index (χ0n) is 60.4. The average Bonchev–Trinajstić information content (AvgIpc) is 0.845. The molecule has 4 nitrogen and oxygen atoms in total. The summed E-state index contributed by atoms with van der Waals surface area (Å²) in [6.45, 7) is 43.2. The topological polar surface area (TPSA) is 16.3 Å². The average molecular weight is 1310 g/mol. The Labute approximate surface area is 590 Å². The van der Waals surface area contributed by atoms with Crippen LogP contribution in [-0.4, -0.2) is 22.6 Å². The minimum Gasteiger partial charge on any atom is -0.311 e. The largest absolute Gasteiger partial charge is 0.311 e. The van der Waals surface area contributed by atoms with E-state index in [9.17, 15) is 0 Å². The standard InChI is InChI=1S/C90H88B2N4S2/c1-85(2,3)53-40-54(86(4,5)6)42-58(41-53)96-74-45-55(87(7,8)9)43-65(89(13,14)15)81(74)91-67-51-68-77(52-73(67)93(57-30-20-19-21-31-57)75-47-59(48-76(96)83(75)91)94-69-36-26-22-32-61(69)62-33-23-27-37-70(62)94)97-79-49-60(95-71-38-28-24-34-63(71)64-35-25-29-39-72(64)95)50-80-84(79)92(68)82-66(90(16,17)18)44-56(88(10,11)12)46-78(82)98-80/h19-52H,1-18H3. The predicted molar refractivity (Wildman–Crippen MR) is 427 cm³/mol. The first-order valence-electron chi connectivity index (χ1n) is 35.5. The van der Waals surface area contributed by atoms with E-state index in [0.717, 1.165) is 11.4 Å². The molecule has 0 saturated carbocycles. The summed E-state index contributed by atoms with van der Waals surface area (Å²) in [7, 11) is 0. The Morgan fingerprint density at radius 3 is 1.10 bits per heavy atom. The Morgan fingerprint density at radius 2 is 0.633 bits per heavy atom. The van der Waals surface area contributed by atoms with Crippen molar-refractivity contribution in [3.8, 4) is 11.4 Å². The fourth-order valence-corrected chi connectivity index (χ4v) is 19.3. The normalized spacial score (nSPS) is 14.5. The van der Waals surface area contributed by atoms with Gasteiger partial charge in [-0.2, -0.15) is 0 Å². The molecule has 0 amide bonds. The van der Waals surface area contributed by atoms with Crippen LogP contribution in [0.2, 0.25) is 0 Å². The molecule has 0 unspecified atom stereocenters. The summed E-state index contributed by atoms with van der Waals surface area (Å²) >= 11 is 3.99. The van der Waals surface area contributed by atoms with Crippen LogP contribution in [0, 0.1) is 0 Å². The maximum atomic E-state index is 2.76. The Balaban J connectivity index is 1.03. The van der Waals surface area contributed by atoms with Gasteiger partial charge in [-0.05, 0) is 179 Å². The molecule has 0 fully saturated rings. The van der Waals surface area contributed by atoms with Gasteiger partial charge < -0.3 is 18.9 Å². The lowest BCUT2D eigenvalue weighted by Crippen LogP contribution is -2.65. The fourth-order valence-electron chi connectivity index (χ4n) is 16.7. The molecule has 0 saturated heterocycles. The number of para-hydroxylation sites is 5. The molecule has 6 heterocycles. The quantitative estimate of drug-likeness (QED) is 0.163. The van der Waals surface area contributed by atoms with Gasteiger partial charge in [0.1, 0.15) is 0 Å². The Kier molecular flexibility index (Phi) is 13.8. The molecule has 4 aliphatic rings. The Bertz CT molecular complexity index is 5410. The minimum absolute atomic E-state index is 0.0437. The third kappa shape index (κ3) is 9.71. The highest BCUT2D eigenvalue weighted by molar-refractivity contribution is 8.01. The highest BCUT2D eigenvalue weighted by Gasteiger charge is 2.50. The van der Waals surface area contributed by atoms with E-state index in [0.29, 0.717) is 0 Å². The van der Waals surface area contributed by atoms with Crippen LogP contribution in [0.3, 0.4) is 0 Å². The van der Waals surface area contributed by atoms with Crippen molar-refractivity contribution < 1.29 is 0 Å². The lowest BCUT2D eigenvalue weighted by Gasteiger charge is -2.47. The molecule has 11 aromatic carbocycles. The van der Waals surface area contributed by atoms with E-state index in [-0.39, 0.29) is 45.9 Å². The minimum atomic E-state index is -0.254. The molecule has 98 heavy (non-hydrogen) atoms. The molecule has 17 rings (SSSR count). The molecule has 0 N–H and O–H groups in total. The van der Waals surface area contributed by atoms with Crippen molar-refractivity contribution in [3.63, 3.8) is 0 Å². The molecule has 4 aliphatic heterocycles. The van der Waals surface area contributed by atoms with E-state index in [1.807, 2.05) is 23.5 Å². The molecular formula is C90H88B2N4S2. The third-order valence-electron chi connectivity index (χ3n) is 21.8. The van der Waals surface area contributed by atoms with Gasteiger partial charge in [0.25, 0.3) is 6.71 Å². The first-order chi connectivity index (χ1) is 46.4. The summed E-state index contributed by atoms with van der Waals surface area (Å²) in [4.78, 5) is 10.8. The van der Waals surface area contributed by atoms with E-state index in [4.69, 9.17) is 0 Å². The van der Waals surface area contributed by atoms with E-state index in [1.165, 1.54) is 163 Å². The molecular weight excluding hydrogens is 1220 g/mol. The van der Waals surface area contributed by atoms with Crippen LogP contribution in [0.25, 0.3) is 55.0 Å². The zero-order chi connectivity index (χ0) is 68.4. The van der Waals surface area contributed by atoms with Gasteiger partial charge in [0.15, 0.2) is 0 Å². The fraction of sp³-hybridized carbons (Fsp3) is 0.267. The number of anilines is 6. The maximum absolute atomic E-state index is 2.76. The number of aromatic nitrogens is 2. The van der Waals surface area contributed by atoms with Crippen LogP contribution in [0.5, 0.6) is 0 Å². The van der Waals surface area contributed by atoms with Crippen LogP contribution >= 0.6 is 23.5 Å². The van der Waals surface area contributed by atoms with E-state index < -0.39 is 0 Å². The van der Waals surface area contributed by atoms with E-state index >= 15 is 0 Å². The van der Waals surface area contributed by atoms with Gasteiger partial charge in [-0.25, -0.2) is 0 Å². The molecule has 0 spiro atoms. The zero-order valence-corrected chi connectivity index (χ0v) is 62.0. The molecule has 0 atom stereocenters. The lowest BCUT2D eigenvalue weighted by atomic mass is 9.30.